The van der Waals surface area contributed by atoms with Gasteiger partial charge in [0.05, 0.1) is 5.75 Å². The van der Waals surface area contributed by atoms with E-state index in [1.165, 1.54) is 28.8 Å². The smallest absolute Gasteiger partial charge is 0.242 e. The molecule has 0 aliphatic heterocycles. The van der Waals surface area contributed by atoms with Gasteiger partial charge in [-0.05, 0) is 43.2 Å². The molecule has 0 aliphatic carbocycles. The molecular formula is C22H24Cl3FN2O2S. The van der Waals surface area contributed by atoms with E-state index in [2.05, 4.69) is 5.32 Å². The van der Waals surface area contributed by atoms with Crippen LogP contribution in [0.15, 0.2) is 36.4 Å². The van der Waals surface area contributed by atoms with Crippen molar-refractivity contribution in [2.45, 2.75) is 38.6 Å². The van der Waals surface area contributed by atoms with E-state index in [9.17, 15) is 14.0 Å². The molecule has 168 valence electrons. The normalized spacial score (nSPS) is 11.8. The maximum atomic E-state index is 14.0. The van der Waals surface area contributed by atoms with E-state index >= 15 is 0 Å². The van der Waals surface area contributed by atoms with Gasteiger partial charge >= 0.3 is 0 Å². The minimum Gasteiger partial charge on any atom is -0.354 e. The number of amides is 2. The van der Waals surface area contributed by atoms with Crippen LogP contribution in [0.3, 0.4) is 0 Å². The van der Waals surface area contributed by atoms with Gasteiger partial charge < -0.3 is 10.2 Å². The first-order valence-corrected chi connectivity index (χ1v) is 12.0. The molecule has 2 aromatic carbocycles. The lowest BCUT2D eigenvalue weighted by molar-refractivity contribution is -0.138. The van der Waals surface area contributed by atoms with Gasteiger partial charge in [-0.1, -0.05) is 53.9 Å². The predicted octanol–water partition coefficient (Wildman–Crippen LogP) is 5.96. The van der Waals surface area contributed by atoms with E-state index in [1.807, 2.05) is 6.92 Å². The summed E-state index contributed by atoms with van der Waals surface area (Å²) in [5, 5.41) is 4.03. The number of carbonyl (C=O) groups is 2. The van der Waals surface area contributed by atoms with E-state index in [-0.39, 0.29) is 29.9 Å². The fourth-order valence-corrected chi connectivity index (χ4v) is 4.52. The molecule has 1 N–H and O–H groups in total. The highest BCUT2D eigenvalue weighted by atomic mass is 35.5. The van der Waals surface area contributed by atoms with Gasteiger partial charge in [0.15, 0.2) is 0 Å². The second-order valence-corrected chi connectivity index (χ2v) is 9.15. The number of hydrogen-bond donors (Lipinski definition) is 1. The van der Waals surface area contributed by atoms with Gasteiger partial charge in [-0.15, -0.1) is 11.8 Å². The first-order chi connectivity index (χ1) is 14.7. The Hall–Kier alpha value is -1.47. The van der Waals surface area contributed by atoms with Crippen molar-refractivity contribution in [1.82, 2.24) is 10.2 Å². The van der Waals surface area contributed by atoms with E-state index in [1.54, 1.807) is 31.2 Å². The maximum Gasteiger partial charge on any atom is 0.242 e. The lowest BCUT2D eigenvalue weighted by Crippen LogP contribution is -2.48. The number of carbonyl (C=O) groups excluding carboxylic acids is 2. The highest BCUT2D eigenvalue weighted by Gasteiger charge is 2.26. The molecule has 2 amide bonds. The summed E-state index contributed by atoms with van der Waals surface area (Å²) >= 11 is 19.5. The van der Waals surface area contributed by atoms with Crippen molar-refractivity contribution in [2.75, 3.05) is 12.3 Å². The molecule has 0 spiro atoms. The van der Waals surface area contributed by atoms with E-state index in [0.29, 0.717) is 32.7 Å². The van der Waals surface area contributed by atoms with Crippen LogP contribution >= 0.6 is 46.6 Å². The number of hydrogen-bond acceptors (Lipinski definition) is 3. The molecule has 0 unspecified atom stereocenters. The minimum absolute atomic E-state index is 0.0568. The van der Waals surface area contributed by atoms with Gasteiger partial charge in [-0.2, -0.15) is 0 Å². The molecule has 0 aromatic heterocycles. The quantitative estimate of drug-likeness (QED) is 0.433. The third kappa shape index (κ3) is 7.56. The van der Waals surface area contributed by atoms with Gasteiger partial charge in [0.2, 0.25) is 11.8 Å². The molecule has 4 nitrogen and oxygen atoms in total. The Kier molecular flexibility index (Phi) is 10.4. The van der Waals surface area contributed by atoms with Crippen molar-refractivity contribution in [3.05, 3.63) is 68.4 Å². The molecule has 1 atom stereocenters. The van der Waals surface area contributed by atoms with Crippen LogP contribution in [-0.2, 0) is 21.9 Å². The molecule has 2 rings (SSSR count). The van der Waals surface area contributed by atoms with Crippen LogP contribution in [0.4, 0.5) is 4.39 Å². The highest BCUT2D eigenvalue weighted by molar-refractivity contribution is 7.99. The van der Waals surface area contributed by atoms with Crippen molar-refractivity contribution < 1.29 is 14.0 Å². The Morgan fingerprint density at radius 1 is 1.16 bits per heavy atom. The molecule has 0 saturated heterocycles. The van der Waals surface area contributed by atoms with Crippen LogP contribution in [0.2, 0.25) is 15.1 Å². The van der Waals surface area contributed by atoms with Crippen LogP contribution < -0.4 is 5.32 Å². The molecule has 0 aliphatic rings. The number of nitrogens with zero attached hydrogens (tertiary/aromatic N) is 1. The lowest BCUT2D eigenvalue weighted by Gasteiger charge is -2.29. The standard InChI is InChI=1S/C22H24Cl3FN2O2S/c1-3-9-27-22(30)14(2)28(11-15-7-8-16(23)10-19(15)25)21(29)13-31-12-17-18(24)5-4-6-20(17)26/h4-8,10,14H,3,9,11-13H2,1-2H3,(H,27,30)/t14-/m1/s1. The van der Waals surface area contributed by atoms with E-state index in [4.69, 9.17) is 34.8 Å². The summed E-state index contributed by atoms with van der Waals surface area (Å²) in [5.74, 6) is -0.626. The summed E-state index contributed by atoms with van der Waals surface area (Å²) in [5.41, 5.74) is 1.03. The zero-order chi connectivity index (χ0) is 23.0. The molecular weight excluding hydrogens is 482 g/mol. The van der Waals surface area contributed by atoms with Crippen LogP contribution in [0.1, 0.15) is 31.4 Å². The second-order valence-electron chi connectivity index (χ2n) is 6.92. The Balaban J connectivity index is 2.14. The number of thioether (sulfide) groups is 1. The van der Waals surface area contributed by atoms with Crippen molar-refractivity contribution in [3.8, 4) is 0 Å². The Labute approximate surface area is 201 Å². The average molecular weight is 506 g/mol. The number of nitrogens with one attached hydrogen (secondary N) is 1. The van der Waals surface area contributed by atoms with Crippen molar-refractivity contribution in [2.24, 2.45) is 0 Å². The molecule has 2 aromatic rings. The van der Waals surface area contributed by atoms with Crippen LogP contribution in [0, 0.1) is 5.82 Å². The molecule has 0 fully saturated rings. The molecule has 9 heteroatoms. The number of benzene rings is 2. The monoisotopic (exact) mass is 504 g/mol. The molecule has 0 radical (unpaired) electrons. The first kappa shape index (κ1) is 25.8. The minimum atomic E-state index is -0.705. The van der Waals surface area contributed by atoms with Crippen molar-refractivity contribution in [1.29, 1.82) is 0 Å². The third-order valence-electron chi connectivity index (χ3n) is 4.61. The molecule has 0 heterocycles. The zero-order valence-corrected chi connectivity index (χ0v) is 20.3. The summed E-state index contributed by atoms with van der Waals surface area (Å²) in [6.45, 7) is 4.29. The van der Waals surface area contributed by atoms with Crippen LogP contribution in [-0.4, -0.2) is 35.1 Å². The van der Waals surface area contributed by atoms with Gasteiger partial charge in [0.25, 0.3) is 0 Å². The van der Waals surface area contributed by atoms with Gasteiger partial charge in [0.1, 0.15) is 11.9 Å². The fraction of sp³-hybridized carbons (Fsp3) is 0.364. The van der Waals surface area contributed by atoms with Crippen LogP contribution in [0.25, 0.3) is 0 Å². The summed E-state index contributed by atoms with van der Waals surface area (Å²) in [7, 11) is 0. The zero-order valence-electron chi connectivity index (χ0n) is 17.3. The Morgan fingerprint density at radius 3 is 2.55 bits per heavy atom. The largest absolute Gasteiger partial charge is 0.354 e. The van der Waals surface area contributed by atoms with E-state index in [0.717, 1.165) is 6.42 Å². The van der Waals surface area contributed by atoms with Gasteiger partial charge in [0, 0.05) is 39.5 Å². The highest BCUT2D eigenvalue weighted by Crippen LogP contribution is 2.26. The maximum absolute atomic E-state index is 14.0. The molecule has 0 bridgehead atoms. The van der Waals surface area contributed by atoms with Crippen LogP contribution in [0.5, 0.6) is 0 Å². The predicted molar refractivity (Wildman–Crippen MR) is 127 cm³/mol. The van der Waals surface area contributed by atoms with Crippen molar-refractivity contribution in [3.63, 3.8) is 0 Å². The SMILES string of the molecule is CCCNC(=O)[C@@H](C)N(Cc1ccc(Cl)cc1Cl)C(=O)CSCc1c(F)cccc1Cl. The number of halogens is 4. The summed E-state index contributed by atoms with van der Waals surface area (Å²) < 4.78 is 14.0. The summed E-state index contributed by atoms with van der Waals surface area (Å²) in [6.07, 6.45) is 0.786. The van der Waals surface area contributed by atoms with Gasteiger partial charge in [-0.3, -0.25) is 9.59 Å². The topological polar surface area (TPSA) is 49.4 Å². The van der Waals surface area contributed by atoms with Crippen molar-refractivity contribution >= 4 is 58.4 Å². The lowest BCUT2D eigenvalue weighted by atomic mass is 10.1. The fourth-order valence-electron chi connectivity index (χ4n) is 2.81. The third-order valence-corrected chi connectivity index (χ3v) is 6.49. The molecule has 0 saturated carbocycles. The summed E-state index contributed by atoms with van der Waals surface area (Å²) in [4.78, 5) is 27.0. The average Bonchev–Trinajstić information content (AvgIpc) is 2.73. The first-order valence-electron chi connectivity index (χ1n) is 9.76. The molecule has 31 heavy (non-hydrogen) atoms. The van der Waals surface area contributed by atoms with Gasteiger partial charge in [-0.25, -0.2) is 4.39 Å². The summed E-state index contributed by atoms with van der Waals surface area (Å²) in [6, 6.07) is 8.78. The Morgan fingerprint density at radius 2 is 1.90 bits per heavy atom. The Bertz CT molecular complexity index is 909. The van der Waals surface area contributed by atoms with E-state index < -0.39 is 11.9 Å². The second kappa shape index (κ2) is 12.5. The number of rotatable bonds is 10.